The smallest absolute Gasteiger partial charge is 0.353 e. The van der Waals surface area contributed by atoms with Gasteiger partial charge in [-0.1, -0.05) is 37.6 Å². The van der Waals surface area contributed by atoms with Crippen molar-refractivity contribution in [3.8, 4) is 11.9 Å². The lowest BCUT2D eigenvalue weighted by Crippen LogP contribution is -2.49. The summed E-state index contributed by atoms with van der Waals surface area (Å²) in [6, 6.07) is 0. The van der Waals surface area contributed by atoms with E-state index in [1.54, 1.807) is 0 Å². The standard InChI is InChI=1S/C16H34B2Br2N4/c1-23(2,17(19)15-21)13-11-9-7-5-6-8-10-12-14-24(3,4)18(20)16-22/h17-18H,5-14H2,1-4H3. The van der Waals surface area contributed by atoms with Gasteiger partial charge in [0.2, 0.25) is 0 Å². The summed E-state index contributed by atoms with van der Waals surface area (Å²) < 4.78 is 1.62. The van der Waals surface area contributed by atoms with Crippen LogP contribution in [0.1, 0.15) is 51.4 Å². The highest BCUT2D eigenvalue weighted by Gasteiger charge is 2.19. The molecule has 0 radical (unpaired) electrons. The number of hydrogen-bond donors (Lipinski definition) is 0. The maximum absolute atomic E-state index is 9.01. The lowest BCUT2D eigenvalue weighted by Gasteiger charge is -2.40. The van der Waals surface area contributed by atoms with Gasteiger partial charge in [0.05, 0.1) is 0 Å². The van der Waals surface area contributed by atoms with E-state index in [4.69, 9.17) is 10.5 Å². The molecular weight excluding hydrogens is 430 g/mol. The zero-order valence-corrected chi connectivity index (χ0v) is 19.2. The number of hydrogen-bond acceptors (Lipinski definition) is 2. The number of rotatable bonds is 13. The van der Waals surface area contributed by atoms with Crippen LogP contribution in [0.25, 0.3) is 0 Å². The third kappa shape index (κ3) is 10.1. The minimum absolute atomic E-state index is 0.809. The van der Waals surface area contributed by atoms with Crippen LogP contribution >= 0.6 is 31.5 Å². The second kappa shape index (κ2) is 12.4. The summed E-state index contributed by atoms with van der Waals surface area (Å²) >= 11 is 7.04. The van der Waals surface area contributed by atoms with E-state index < -0.39 is 11.3 Å². The molecule has 24 heavy (non-hydrogen) atoms. The van der Waals surface area contributed by atoms with Crippen molar-refractivity contribution >= 4 is 42.9 Å². The largest absolute Gasteiger partial charge is 0.501 e. The second-order valence-electron chi connectivity index (χ2n) is 8.29. The first-order chi connectivity index (χ1) is 11.2. The summed E-state index contributed by atoms with van der Waals surface area (Å²) in [7, 11) is 8.57. The molecular formula is C16H34B2Br2N4. The molecule has 4 nitrogen and oxygen atoms in total. The summed E-state index contributed by atoms with van der Waals surface area (Å²) in [4.78, 5) is 0. The highest BCUT2D eigenvalue weighted by molar-refractivity contribution is 9.24. The van der Waals surface area contributed by atoms with Gasteiger partial charge < -0.3 is 8.79 Å². The number of unbranched alkanes of at least 4 members (excludes halogenated alkanes) is 7. The summed E-state index contributed by atoms with van der Waals surface area (Å²) in [5.41, 5.74) is -1.84. The van der Waals surface area contributed by atoms with Gasteiger partial charge in [-0.15, -0.1) is 0 Å². The van der Waals surface area contributed by atoms with Crippen molar-refractivity contribution in [2.75, 3.05) is 41.3 Å². The van der Waals surface area contributed by atoms with Gasteiger partial charge in [-0.3, -0.25) is 31.5 Å². The molecule has 0 aromatic heterocycles. The average Bonchev–Trinajstić information content (AvgIpc) is 2.54. The molecule has 0 saturated carbocycles. The van der Waals surface area contributed by atoms with Crippen molar-refractivity contribution in [2.45, 2.75) is 51.4 Å². The number of halogens is 2. The second-order valence-corrected chi connectivity index (χ2v) is 10.4. The molecule has 0 spiro atoms. The van der Waals surface area contributed by atoms with Gasteiger partial charge in [0, 0.05) is 41.3 Å². The Morgan fingerprint density at radius 2 is 0.875 bits per heavy atom. The predicted molar refractivity (Wildman–Crippen MR) is 114 cm³/mol. The Balaban J connectivity index is 3.57. The maximum Gasteiger partial charge on any atom is 0.353 e. The van der Waals surface area contributed by atoms with Crippen LogP contribution < -0.4 is 0 Å². The van der Waals surface area contributed by atoms with E-state index in [2.05, 4.69) is 71.6 Å². The highest BCUT2D eigenvalue weighted by Crippen LogP contribution is 2.15. The molecule has 0 N–H and O–H groups in total. The molecule has 0 heterocycles. The van der Waals surface area contributed by atoms with E-state index in [0.717, 1.165) is 21.9 Å². The quantitative estimate of drug-likeness (QED) is 0.309. The Morgan fingerprint density at radius 3 is 1.12 bits per heavy atom. The lowest BCUT2D eigenvalue weighted by atomic mass is 9.90. The first-order valence-electron chi connectivity index (χ1n) is 9.24. The topological polar surface area (TPSA) is 47.6 Å². The van der Waals surface area contributed by atoms with Crippen molar-refractivity contribution in [2.24, 2.45) is 0 Å². The summed E-state index contributed by atoms with van der Waals surface area (Å²) in [5, 5.41) is 18.0. The SMILES string of the molecule is C[N+](C)(CCCCCCCCCC[N+](C)(C)[BH-](Br)C#N)[BH-](Br)C#N. The molecule has 2 atom stereocenters. The van der Waals surface area contributed by atoms with E-state index in [0.29, 0.717) is 0 Å². The van der Waals surface area contributed by atoms with Gasteiger partial charge in [0.1, 0.15) is 0 Å². The fraction of sp³-hybridized carbons (Fsp3) is 0.875. The fourth-order valence-corrected chi connectivity index (χ4v) is 3.30. The molecule has 2 unspecified atom stereocenters. The van der Waals surface area contributed by atoms with Crippen molar-refractivity contribution < 1.29 is 8.79 Å². The lowest BCUT2D eigenvalue weighted by molar-refractivity contribution is -0.779. The van der Waals surface area contributed by atoms with Gasteiger partial charge in [-0.05, 0) is 25.7 Å². The van der Waals surface area contributed by atoms with Crippen LogP contribution in [-0.2, 0) is 0 Å². The van der Waals surface area contributed by atoms with Gasteiger partial charge in [0.15, 0.2) is 0 Å². The van der Waals surface area contributed by atoms with Crippen molar-refractivity contribution in [1.29, 1.82) is 10.5 Å². The monoisotopic (exact) mass is 462 g/mol. The van der Waals surface area contributed by atoms with Gasteiger partial charge in [-0.25, -0.2) is 10.5 Å². The molecule has 0 aromatic carbocycles. The van der Waals surface area contributed by atoms with Gasteiger partial charge in [-0.2, -0.15) is 0 Å². The number of nitrogens with zero attached hydrogens (tertiary/aromatic N) is 4. The van der Waals surface area contributed by atoms with Crippen molar-refractivity contribution in [3.05, 3.63) is 0 Å². The molecule has 0 saturated heterocycles. The maximum atomic E-state index is 9.01. The third-order valence-corrected chi connectivity index (χ3v) is 8.26. The Hall–Kier alpha value is -0.0101. The Morgan fingerprint density at radius 1 is 0.625 bits per heavy atom. The summed E-state index contributed by atoms with van der Waals surface area (Å²) in [5.74, 6) is 4.72. The number of nitriles is 2. The van der Waals surface area contributed by atoms with Gasteiger partial charge >= 0.3 is 11.3 Å². The molecule has 8 heteroatoms. The minimum Gasteiger partial charge on any atom is -0.501 e. The molecule has 0 aliphatic rings. The Kier molecular flexibility index (Phi) is 12.4. The molecule has 0 rings (SSSR count). The third-order valence-electron chi connectivity index (χ3n) is 5.04. The first-order valence-corrected chi connectivity index (χ1v) is 11.5. The molecule has 138 valence electrons. The normalized spacial score (nSPS) is 14.7. The van der Waals surface area contributed by atoms with Crippen LogP contribution in [0, 0.1) is 22.5 Å². The minimum atomic E-state index is -0.920. The molecule has 0 aromatic rings. The first kappa shape index (κ1) is 24.0. The Bertz CT molecular complexity index is 393. The molecule has 0 amide bonds. The zero-order valence-electron chi connectivity index (χ0n) is 16.0. The highest BCUT2D eigenvalue weighted by atomic mass is 79.9. The summed E-state index contributed by atoms with van der Waals surface area (Å²) in [6.45, 7) is 2.17. The molecule has 0 aliphatic carbocycles. The molecule has 0 bridgehead atoms. The van der Waals surface area contributed by atoms with Crippen LogP contribution in [0.5, 0.6) is 0 Å². The fourth-order valence-electron chi connectivity index (χ4n) is 2.80. The van der Waals surface area contributed by atoms with E-state index in [1.165, 1.54) is 51.4 Å². The Labute approximate surface area is 166 Å². The van der Waals surface area contributed by atoms with Crippen molar-refractivity contribution in [3.63, 3.8) is 0 Å². The summed E-state index contributed by atoms with van der Waals surface area (Å²) in [6.07, 6.45) is 10.2. The van der Waals surface area contributed by atoms with Crippen LogP contribution in [-0.4, -0.2) is 61.4 Å². The number of quaternary nitrogens is 2. The predicted octanol–water partition coefficient (Wildman–Crippen LogP) is 3.62. The van der Waals surface area contributed by atoms with Crippen molar-refractivity contribution in [1.82, 2.24) is 0 Å². The zero-order chi connectivity index (χ0) is 18.6. The van der Waals surface area contributed by atoms with Crippen LogP contribution in [0.15, 0.2) is 0 Å². The van der Waals surface area contributed by atoms with E-state index in [-0.39, 0.29) is 0 Å². The molecule has 0 fully saturated rings. The van der Waals surface area contributed by atoms with Crippen LogP contribution in [0.3, 0.4) is 0 Å². The molecule has 0 aliphatic heterocycles. The average molecular weight is 464 g/mol. The van der Waals surface area contributed by atoms with Gasteiger partial charge in [0.25, 0.3) is 0 Å². The van der Waals surface area contributed by atoms with E-state index in [1.807, 2.05) is 0 Å². The van der Waals surface area contributed by atoms with E-state index >= 15 is 0 Å². The van der Waals surface area contributed by atoms with E-state index in [9.17, 15) is 0 Å². The van der Waals surface area contributed by atoms with Crippen LogP contribution in [0.2, 0.25) is 0 Å². The van der Waals surface area contributed by atoms with Crippen LogP contribution in [0.4, 0.5) is 0 Å².